The summed E-state index contributed by atoms with van der Waals surface area (Å²) in [6.07, 6.45) is -0.204. The summed E-state index contributed by atoms with van der Waals surface area (Å²) in [7, 11) is 7.78. The molecule has 128 valence electrons. The van der Waals surface area contributed by atoms with Crippen molar-refractivity contribution in [2.75, 3.05) is 38.0 Å². The lowest BCUT2D eigenvalue weighted by molar-refractivity contribution is -0.113. The Hall–Kier alpha value is -3.06. The van der Waals surface area contributed by atoms with E-state index < -0.39 is 0 Å². The minimum absolute atomic E-state index is 0.204. The maximum absolute atomic E-state index is 12.2. The number of anilines is 2. The molecule has 4 nitrogen and oxygen atoms in total. The van der Waals surface area contributed by atoms with Crippen LogP contribution in [0.5, 0.6) is 0 Å². The third-order valence-corrected chi connectivity index (χ3v) is 3.76. The van der Waals surface area contributed by atoms with Crippen LogP contribution in [0.1, 0.15) is 22.3 Å². The summed E-state index contributed by atoms with van der Waals surface area (Å²) in [6.45, 7) is 0. The Bertz CT molecular complexity index is 808. The van der Waals surface area contributed by atoms with E-state index in [0.717, 1.165) is 16.9 Å². The summed E-state index contributed by atoms with van der Waals surface area (Å²) in [5.41, 5.74) is 3.34. The summed E-state index contributed by atoms with van der Waals surface area (Å²) < 4.78 is 0. The van der Waals surface area contributed by atoms with Crippen LogP contribution in [0.4, 0.5) is 11.4 Å². The first-order chi connectivity index (χ1) is 11.9. The van der Waals surface area contributed by atoms with Gasteiger partial charge in [0.15, 0.2) is 5.78 Å². The number of hydrogen-bond acceptors (Lipinski definition) is 4. The number of carbonyl (C=O) groups excluding carboxylic acids is 2. The van der Waals surface area contributed by atoms with Gasteiger partial charge in [-0.05, 0) is 54.5 Å². The van der Waals surface area contributed by atoms with Gasteiger partial charge in [0.05, 0.1) is 6.42 Å². The van der Waals surface area contributed by atoms with Crippen molar-refractivity contribution in [1.82, 2.24) is 0 Å². The number of Topliss-reactive ketones (excluding diaryl/α,β-unsaturated/α-hetero) is 2. The fourth-order valence-corrected chi connectivity index (χ4v) is 2.22. The van der Waals surface area contributed by atoms with Gasteiger partial charge in [0, 0.05) is 50.7 Å². The average Bonchev–Trinajstić information content (AvgIpc) is 2.60. The van der Waals surface area contributed by atoms with E-state index in [9.17, 15) is 9.59 Å². The Morgan fingerprint density at radius 1 is 0.800 bits per heavy atom. The van der Waals surface area contributed by atoms with Gasteiger partial charge < -0.3 is 9.80 Å². The Kier molecular flexibility index (Phi) is 5.97. The van der Waals surface area contributed by atoms with Crippen LogP contribution < -0.4 is 9.80 Å². The second-order valence-corrected chi connectivity index (χ2v) is 6.16. The molecule has 0 aromatic heterocycles. The molecule has 2 aromatic rings. The number of carbonyl (C=O) groups is 2. The van der Waals surface area contributed by atoms with Gasteiger partial charge >= 0.3 is 0 Å². The van der Waals surface area contributed by atoms with Crippen molar-refractivity contribution < 1.29 is 9.59 Å². The Morgan fingerprint density at radius 2 is 1.28 bits per heavy atom. The van der Waals surface area contributed by atoms with Gasteiger partial charge in [0.2, 0.25) is 5.78 Å². The van der Waals surface area contributed by atoms with Crippen molar-refractivity contribution >= 4 is 22.9 Å². The van der Waals surface area contributed by atoms with Crippen molar-refractivity contribution in [3.05, 3.63) is 59.7 Å². The molecule has 0 radical (unpaired) electrons. The molecule has 2 rings (SSSR count). The second-order valence-electron chi connectivity index (χ2n) is 6.16. The van der Waals surface area contributed by atoms with E-state index in [1.807, 2.05) is 74.4 Å². The SMILES string of the molecule is CN(C)c1ccc(C#CC(=O)CC(=O)c2ccc(N(C)C)cc2)cc1. The maximum Gasteiger partial charge on any atom is 0.213 e. The largest absolute Gasteiger partial charge is 0.378 e. The van der Waals surface area contributed by atoms with E-state index in [1.54, 1.807) is 12.1 Å². The molecule has 0 N–H and O–H groups in total. The maximum atomic E-state index is 12.2. The number of ketones is 2. The van der Waals surface area contributed by atoms with E-state index in [2.05, 4.69) is 11.8 Å². The first kappa shape index (κ1) is 18.3. The van der Waals surface area contributed by atoms with Crippen LogP contribution in [0, 0.1) is 11.8 Å². The highest BCUT2D eigenvalue weighted by Gasteiger charge is 2.10. The van der Waals surface area contributed by atoms with Crippen molar-refractivity contribution in [2.24, 2.45) is 0 Å². The van der Waals surface area contributed by atoms with E-state index in [0.29, 0.717) is 5.56 Å². The van der Waals surface area contributed by atoms with Crippen LogP contribution >= 0.6 is 0 Å². The Labute approximate surface area is 149 Å². The summed E-state index contributed by atoms with van der Waals surface area (Å²) in [5.74, 6) is 4.77. The molecule has 0 atom stereocenters. The molecule has 0 spiro atoms. The zero-order valence-corrected chi connectivity index (χ0v) is 15.0. The molecular formula is C21H22N2O2. The second kappa shape index (κ2) is 8.16. The predicted octanol–water partition coefficient (Wildman–Crippen LogP) is 3.01. The quantitative estimate of drug-likeness (QED) is 0.479. The van der Waals surface area contributed by atoms with Gasteiger partial charge in [0.25, 0.3) is 0 Å². The topological polar surface area (TPSA) is 40.6 Å². The molecule has 0 heterocycles. The van der Waals surface area contributed by atoms with Crippen LogP contribution in [0.25, 0.3) is 0 Å². The van der Waals surface area contributed by atoms with Crippen LogP contribution in [0.3, 0.4) is 0 Å². The van der Waals surface area contributed by atoms with Gasteiger partial charge in [-0.2, -0.15) is 0 Å². The number of hydrogen-bond donors (Lipinski definition) is 0. The van der Waals surface area contributed by atoms with Crippen molar-refractivity contribution in [1.29, 1.82) is 0 Å². The van der Waals surface area contributed by atoms with E-state index in [1.165, 1.54) is 0 Å². The lowest BCUT2D eigenvalue weighted by Crippen LogP contribution is -2.10. The smallest absolute Gasteiger partial charge is 0.213 e. The van der Waals surface area contributed by atoms with Crippen LogP contribution in [0.2, 0.25) is 0 Å². The normalized spacial score (nSPS) is 9.76. The number of rotatable bonds is 5. The van der Waals surface area contributed by atoms with Crippen molar-refractivity contribution in [2.45, 2.75) is 6.42 Å². The molecule has 0 aliphatic heterocycles. The molecule has 0 bridgehead atoms. The molecule has 2 aromatic carbocycles. The molecule has 0 saturated heterocycles. The zero-order chi connectivity index (χ0) is 18.4. The first-order valence-electron chi connectivity index (χ1n) is 7.99. The Balaban J connectivity index is 1.99. The highest BCUT2D eigenvalue weighted by Crippen LogP contribution is 2.14. The highest BCUT2D eigenvalue weighted by molar-refractivity contribution is 6.13. The minimum Gasteiger partial charge on any atom is -0.378 e. The Morgan fingerprint density at radius 3 is 1.76 bits per heavy atom. The van der Waals surface area contributed by atoms with Crippen molar-refractivity contribution in [3.63, 3.8) is 0 Å². The lowest BCUT2D eigenvalue weighted by atomic mass is 10.1. The molecule has 0 unspecified atom stereocenters. The fourth-order valence-electron chi connectivity index (χ4n) is 2.22. The van der Waals surface area contributed by atoms with Crippen LogP contribution in [-0.2, 0) is 4.79 Å². The van der Waals surface area contributed by atoms with Gasteiger partial charge in [-0.1, -0.05) is 5.92 Å². The molecular weight excluding hydrogens is 312 g/mol. The molecule has 0 aliphatic carbocycles. The molecule has 25 heavy (non-hydrogen) atoms. The zero-order valence-electron chi connectivity index (χ0n) is 15.0. The predicted molar refractivity (Wildman–Crippen MR) is 102 cm³/mol. The van der Waals surface area contributed by atoms with E-state index >= 15 is 0 Å². The standard InChI is InChI=1S/C21H22N2O2/c1-22(2)18-10-5-16(6-11-18)7-14-20(24)15-21(25)17-8-12-19(13-9-17)23(3)4/h5-6,8-13H,15H2,1-4H3. The van der Waals surface area contributed by atoms with Gasteiger partial charge in [-0.15, -0.1) is 0 Å². The van der Waals surface area contributed by atoms with Gasteiger partial charge in [-0.3, -0.25) is 9.59 Å². The fraction of sp³-hybridized carbons (Fsp3) is 0.238. The third-order valence-electron chi connectivity index (χ3n) is 3.76. The molecule has 4 heteroatoms. The highest BCUT2D eigenvalue weighted by atomic mass is 16.1. The summed E-state index contributed by atoms with van der Waals surface area (Å²) in [4.78, 5) is 28.0. The monoisotopic (exact) mass is 334 g/mol. The average molecular weight is 334 g/mol. The minimum atomic E-state index is -0.377. The number of nitrogens with zero attached hydrogens (tertiary/aromatic N) is 2. The lowest BCUT2D eigenvalue weighted by Gasteiger charge is -2.12. The molecule has 0 fully saturated rings. The summed E-state index contributed by atoms with van der Waals surface area (Å²) in [5, 5.41) is 0. The number of benzene rings is 2. The van der Waals surface area contributed by atoms with Crippen LogP contribution in [0.15, 0.2) is 48.5 Å². The van der Waals surface area contributed by atoms with E-state index in [-0.39, 0.29) is 18.0 Å². The summed E-state index contributed by atoms with van der Waals surface area (Å²) >= 11 is 0. The molecule has 0 aliphatic rings. The third kappa shape index (κ3) is 5.22. The molecule has 0 saturated carbocycles. The van der Waals surface area contributed by atoms with Crippen LogP contribution in [-0.4, -0.2) is 39.8 Å². The molecule has 0 amide bonds. The van der Waals surface area contributed by atoms with E-state index in [4.69, 9.17) is 0 Å². The summed E-state index contributed by atoms with van der Waals surface area (Å²) in [6, 6.07) is 14.8. The van der Waals surface area contributed by atoms with Gasteiger partial charge in [0.1, 0.15) is 0 Å². The van der Waals surface area contributed by atoms with Gasteiger partial charge in [-0.25, -0.2) is 0 Å². The first-order valence-corrected chi connectivity index (χ1v) is 7.99. The van der Waals surface area contributed by atoms with Crippen molar-refractivity contribution in [3.8, 4) is 11.8 Å².